The summed E-state index contributed by atoms with van der Waals surface area (Å²) in [5.41, 5.74) is 3.04. The van der Waals surface area contributed by atoms with Crippen LogP contribution in [0.5, 0.6) is 0 Å². The third-order valence-corrected chi connectivity index (χ3v) is 4.43. The number of likely N-dealkylation sites (tertiary alicyclic amines) is 1. The van der Waals surface area contributed by atoms with Crippen molar-refractivity contribution in [1.29, 1.82) is 0 Å². The van der Waals surface area contributed by atoms with Crippen LogP contribution in [0.3, 0.4) is 0 Å². The number of para-hydroxylation sites is 1. The Bertz CT molecular complexity index is 551. The highest BCUT2D eigenvalue weighted by Crippen LogP contribution is 2.22. The SMILES string of the molecule is CCC(=O)NC[C@@H]1CCCN(C(=O)Nc2c(C)cccc2C)C1. The van der Waals surface area contributed by atoms with E-state index in [0.717, 1.165) is 36.2 Å². The second-order valence-corrected chi connectivity index (χ2v) is 6.31. The van der Waals surface area contributed by atoms with Gasteiger partial charge >= 0.3 is 6.03 Å². The maximum Gasteiger partial charge on any atom is 0.321 e. The van der Waals surface area contributed by atoms with Crippen LogP contribution in [0.1, 0.15) is 37.3 Å². The molecule has 5 heteroatoms. The highest BCUT2D eigenvalue weighted by atomic mass is 16.2. The van der Waals surface area contributed by atoms with Gasteiger partial charge in [-0.25, -0.2) is 4.79 Å². The summed E-state index contributed by atoms with van der Waals surface area (Å²) in [6.07, 6.45) is 2.54. The average Bonchev–Trinajstić information content (AvgIpc) is 2.56. The maximum atomic E-state index is 12.5. The van der Waals surface area contributed by atoms with Gasteiger partial charge in [0.25, 0.3) is 0 Å². The molecule has 0 aliphatic carbocycles. The van der Waals surface area contributed by atoms with Gasteiger partial charge in [0.2, 0.25) is 5.91 Å². The molecule has 1 saturated heterocycles. The summed E-state index contributed by atoms with van der Waals surface area (Å²) in [6, 6.07) is 5.95. The van der Waals surface area contributed by atoms with Crippen molar-refractivity contribution < 1.29 is 9.59 Å². The molecule has 0 saturated carbocycles. The fraction of sp³-hybridized carbons (Fsp3) is 0.556. The Morgan fingerprint density at radius 3 is 2.61 bits per heavy atom. The quantitative estimate of drug-likeness (QED) is 0.896. The van der Waals surface area contributed by atoms with Crippen molar-refractivity contribution in [1.82, 2.24) is 10.2 Å². The standard InChI is InChI=1S/C18H27N3O2/c1-4-16(22)19-11-15-9-6-10-21(12-15)18(23)20-17-13(2)7-5-8-14(17)3/h5,7-8,15H,4,6,9-12H2,1-3H3,(H,19,22)(H,20,23)/t15-/m0/s1. The van der Waals surface area contributed by atoms with Gasteiger partial charge in [0.15, 0.2) is 0 Å². The van der Waals surface area contributed by atoms with Crippen LogP contribution in [0, 0.1) is 19.8 Å². The Morgan fingerprint density at radius 2 is 1.96 bits per heavy atom. The number of rotatable bonds is 4. The summed E-state index contributed by atoms with van der Waals surface area (Å²) < 4.78 is 0. The largest absolute Gasteiger partial charge is 0.356 e. The van der Waals surface area contributed by atoms with Crippen LogP contribution in [0.25, 0.3) is 0 Å². The van der Waals surface area contributed by atoms with E-state index in [0.29, 0.717) is 25.4 Å². The number of amides is 3. The molecular formula is C18H27N3O2. The Kier molecular flexibility index (Phi) is 6.02. The molecule has 2 rings (SSSR count). The van der Waals surface area contributed by atoms with Crippen LogP contribution < -0.4 is 10.6 Å². The van der Waals surface area contributed by atoms with E-state index in [1.807, 2.05) is 43.9 Å². The molecule has 0 radical (unpaired) electrons. The molecule has 2 N–H and O–H groups in total. The number of hydrogen-bond acceptors (Lipinski definition) is 2. The Hall–Kier alpha value is -2.04. The van der Waals surface area contributed by atoms with Crippen molar-refractivity contribution in [2.45, 2.75) is 40.0 Å². The maximum absolute atomic E-state index is 12.5. The first-order chi connectivity index (χ1) is 11.0. The Labute approximate surface area is 138 Å². The van der Waals surface area contributed by atoms with E-state index in [1.165, 1.54) is 0 Å². The first kappa shape index (κ1) is 17.3. The van der Waals surface area contributed by atoms with Crippen molar-refractivity contribution >= 4 is 17.6 Å². The third-order valence-electron chi connectivity index (χ3n) is 4.43. The van der Waals surface area contributed by atoms with Crippen LogP contribution in [0.4, 0.5) is 10.5 Å². The molecule has 23 heavy (non-hydrogen) atoms. The normalized spacial score (nSPS) is 17.7. The van der Waals surface area contributed by atoms with Crippen molar-refractivity contribution in [3.63, 3.8) is 0 Å². The summed E-state index contributed by atoms with van der Waals surface area (Å²) in [5.74, 6) is 0.407. The van der Waals surface area contributed by atoms with Gasteiger partial charge in [-0.3, -0.25) is 4.79 Å². The molecule has 1 heterocycles. The summed E-state index contributed by atoms with van der Waals surface area (Å²) in [4.78, 5) is 25.8. The monoisotopic (exact) mass is 317 g/mol. The summed E-state index contributed by atoms with van der Waals surface area (Å²) in [6.45, 7) is 7.97. The minimum absolute atomic E-state index is 0.0473. The zero-order valence-electron chi connectivity index (χ0n) is 14.3. The number of hydrogen-bond donors (Lipinski definition) is 2. The smallest absolute Gasteiger partial charge is 0.321 e. The average molecular weight is 317 g/mol. The molecule has 1 aliphatic rings. The zero-order valence-corrected chi connectivity index (χ0v) is 14.3. The molecule has 1 aliphatic heterocycles. The molecule has 0 unspecified atom stereocenters. The topological polar surface area (TPSA) is 61.4 Å². The molecule has 1 aromatic carbocycles. The molecule has 0 bridgehead atoms. The highest BCUT2D eigenvalue weighted by molar-refractivity contribution is 5.91. The Morgan fingerprint density at radius 1 is 1.26 bits per heavy atom. The first-order valence-electron chi connectivity index (χ1n) is 8.40. The number of nitrogens with one attached hydrogen (secondary N) is 2. The molecule has 3 amide bonds. The van der Waals surface area contributed by atoms with Crippen molar-refractivity contribution in [2.75, 3.05) is 25.0 Å². The number of carbonyl (C=O) groups is 2. The van der Waals surface area contributed by atoms with E-state index in [2.05, 4.69) is 10.6 Å². The van der Waals surface area contributed by atoms with E-state index in [1.54, 1.807) is 0 Å². The predicted molar refractivity (Wildman–Crippen MR) is 92.5 cm³/mol. The van der Waals surface area contributed by atoms with E-state index >= 15 is 0 Å². The highest BCUT2D eigenvalue weighted by Gasteiger charge is 2.24. The van der Waals surface area contributed by atoms with Crippen molar-refractivity contribution in [3.8, 4) is 0 Å². The summed E-state index contributed by atoms with van der Waals surface area (Å²) in [5, 5.41) is 5.98. The number of piperidine rings is 1. The lowest BCUT2D eigenvalue weighted by Crippen LogP contribution is -2.45. The molecule has 126 valence electrons. The molecule has 5 nitrogen and oxygen atoms in total. The molecular weight excluding hydrogens is 290 g/mol. The number of urea groups is 1. The first-order valence-corrected chi connectivity index (χ1v) is 8.40. The van der Waals surface area contributed by atoms with Crippen LogP contribution in [-0.4, -0.2) is 36.5 Å². The zero-order chi connectivity index (χ0) is 16.8. The van der Waals surface area contributed by atoms with Gasteiger partial charge in [0.05, 0.1) is 0 Å². The lowest BCUT2D eigenvalue weighted by molar-refractivity contribution is -0.121. The molecule has 1 atom stereocenters. The van der Waals surface area contributed by atoms with Crippen molar-refractivity contribution in [2.24, 2.45) is 5.92 Å². The van der Waals surface area contributed by atoms with Crippen LogP contribution in [0.15, 0.2) is 18.2 Å². The molecule has 1 aromatic rings. The minimum atomic E-state index is -0.0473. The van der Waals surface area contributed by atoms with Crippen molar-refractivity contribution in [3.05, 3.63) is 29.3 Å². The molecule has 0 spiro atoms. The van der Waals surface area contributed by atoms with Crippen LogP contribution in [0.2, 0.25) is 0 Å². The second kappa shape index (κ2) is 7.99. The van der Waals surface area contributed by atoms with Gasteiger partial charge in [-0.1, -0.05) is 25.1 Å². The third kappa shape index (κ3) is 4.71. The van der Waals surface area contributed by atoms with E-state index in [-0.39, 0.29) is 11.9 Å². The van der Waals surface area contributed by atoms with Gasteiger partial charge in [0.1, 0.15) is 0 Å². The van der Waals surface area contributed by atoms with Gasteiger partial charge in [-0.15, -0.1) is 0 Å². The second-order valence-electron chi connectivity index (χ2n) is 6.31. The molecule has 1 fully saturated rings. The lowest BCUT2D eigenvalue weighted by atomic mass is 9.98. The molecule has 0 aromatic heterocycles. The lowest BCUT2D eigenvalue weighted by Gasteiger charge is -2.33. The number of aryl methyl sites for hydroxylation is 2. The van der Waals surface area contributed by atoms with Gasteiger partial charge in [0, 0.05) is 31.7 Å². The number of anilines is 1. The van der Waals surface area contributed by atoms with Crippen LogP contribution in [-0.2, 0) is 4.79 Å². The van der Waals surface area contributed by atoms with Crippen LogP contribution >= 0.6 is 0 Å². The van der Waals surface area contributed by atoms with Gasteiger partial charge < -0.3 is 15.5 Å². The summed E-state index contributed by atoms with van der Waals surface area (Å²) >= 11 is 0. The van der Waals surface area contributed by atoms with Gasteiger partial charge in [-0.05, 0) is 43.7 Å². The fourth-order valence-electron chi connectivity index (χ4n) is 3.00. The van der Waals surface area contributed by atoms with E-state index in [4.69, 9.17) is 0 Å². The Balaban J connectivity index is 1.93. The van der Waals surface area contributed by atoms with E-state index in [9.17, 15) is 9.59 Å². The van der Waals surface area contributed by atoms with Gasteiger partial charge in [-0.2, -0.15) is 0 Å². The number of carbonyl (C=O) groups excluding carboxylic acids is 2. The number of benzene rings is 1. The summed E-state index contributed by atoms with van der Waals surface area (Å²) in [7, 11) is 0. The van der Waals surface area contributed by atoms with E-state index < -0.39 is 0 Å². The number of nitrogens with zero attached hydrogens (tertiary/aromatic N) is 1. The fourth-order valence-corrected chi connectivity index (χ4v) is 3.00. The predicted octanol–water partition coefficient (Wildman–Crippen LogP) is 3.07. The minimum Gasteiger partial charge on any atom is -0.356 e.